The lowest BCUT2D eigenvalue weighted by Gasteiger charge is -2.35. The number of rotatable bonds is 3. The van der Waals surface area contributed by atoms with Gasteiger partial charge in [0.15, 0.2) is 5.84 Å². The van der Waals surface area contributed by atoms with Gasteiger partial charge in [0.05, 0.1) is 0 Å². The van der Waals surface area contributed by atoms with E-state index in [-0.39, 0.29) is 17.3 Å². The number of carbonyl (C=O) groups excluding carboxylic acids is 1. The summed E-state index contributed by atoms with van der Waals surface area (Å²) in [7, 11) is 0. The molecule has 0 radical (unpaired) electrons. The maximum absolute atomic E-state index is 12.9. The SMILES string of the molecule is CC1(NC(=O)C2(C(N)=NO)CCCCCC2)CCCC1. The molecule has 0 spiro atoms. The summed E-state index contributed by atoms with van der Waals surface area (Å²) >= 11 is 0. The number of oxime groups is 1. The van der Waals surface area contributed by atoms with Crippen LogP contribution in [0.1, 0.15) is 71.1 Å². The molecular formula is C15H27N3O2. The third kappa shape index (κ3) is 2.91. The zero-order chi connectivity index (χ0) is 14.6. The monoisotopic (exact) mass is 281 g/mol. The highest BCUT2D eigenvalue weighted by atomic mass is 16.4. The molecule has 20 heavy (non-hydrogen) atoms. The first kappa shape index (κ1) is 15.1. The maximum atomic E-state index is 12.9. The van der Waals surface area contributed by atoms with Crippen LogP contribution in [0.5, 0.6) is 0 Å². The van der Waals surface area contributed by atoms with Crippen LogP contribution in [-0.4, -0.2) is 22.5 Å². The van der Waals surface area contributed by atoms with E-state index in [4.69, 9.17) is 10.9 Å². The molecule has 0 bridgehead atoms. The molecule has 0 aromatic rings. The molecule has 0 saturated heterocycles. The van der Waals surface area contributed by atoms with Crippen molar-refractivity contribution in [3.63, 3.8) is 0 Å². The topological polar surface area (TPSA) is 87.7 Å². The van der Waals surface area contributed by atoms with Crippen molar-refractivity contribution in [3.8, 4) is 0 Å². The van der Waals surface area contributed by atoms with Gasteiger partial charge in [-0.1, -0.05) is 43.7 Å². The van der Waals surface area contributed by atoms with E-state index in [2.05, 4.69) is 17.4 Å². The summed E-state index contributed by atoms with van der Waals surface area (Å²) in [5.74, 6) is 0.0394. The van der Waals surface area contributed by atoms with Crippen LogP contribution >= 0.6 is 0 Å². The zero-order valence-electron chi connectivity index (χ0n) is 12.5. The smallest absolute Gasteiger partial charge is 0.234 e. The Morgan fingerprint density at radius 2 is 1.55 bits per heavy atom. The molecule has 2 aliphatic carbocycles. The van der Waals surface area contributed by atoms with E-state index in [1.54, 1.807) is 0 Å². The van der Waals surface area contributed by atoms with Crippen LogP contribution in [0.4, 0.5) is 0 Å². The summed E-state index contributed by atoms with van der Waals surface area (Å²) in [5.41, 5.74) is 4.98. The van der Waals surface area contributed by atoms with Gasteiger partial charge in [0.2, 0.25) is 5.91 Å². The van der Waals surface area contributed by atoms with Crippen molar-refractivity contribution in [3.05, 3.63) is 0 Å². The molecule has 0 heterocycles. The van der Waals surface area contributed by atoms with Gasteiger partial charge in [-0.3, -0.25) is 4.79 Å². The van der Waals surface area contributed by atoms with Crippen LogP contribution in [0.2, 0.25) is 0 Å². The van der Waals surface area contributed by atoms with Crippen molar-refractivity contribution < 1.29 is 10.0 Å². The molecule has 5 nitrogen and oxygen atoms in total. The van der Waals surface area contributed by atoms with E-state index in [1.807, 2.05) is 0 Å². The van der Waals surface area contributed by atoms with E-state index in [0.717, 1.165) is 51.4 Å². The number of amides is 1. The summed E-state index contributed by atoms with van der Waals surface area (Å²) < 4.78 is 0. The Bertz CT molecular complexity index is 379. The maximum Gasteiger partial charge on any atom is 0.234 e. The van der Waals surface area contributed by atoms with Gasteiger partial charge in [-0.2, -0.15) is 0 Å². The Balaban J connectivity index is 2.19. The Labute approximate surface area is 121 Å². The second kappa shape index (κ2) is 6.02. The van der Waals surface area contributed by atoms with Gasteiger partial charge < -0.3 is 16.3 Å². The number of hydrogen-bond donors (Lipinski definition) is 3. The van der Waals surface area contributed by atoms with Gasteiger partial charge in [-0.15, -0.1) is 0 Å². The van der Waals surface area contributed by atoms with E-state index in [9.17, 15) is 4.79 Å². The van der Waals surface area contributed by atoms with Crippen molar-refractivity contribution in [2.45, 2.75) is 76.7 Å². The van der Waals surface area contributed by atoms with Crippen LogP contribution in [0.25, 0.3) is 0 Å². The Morgan fingerprint density at radius 3 is 2.05 bits per heavy atom. The lowest BCUT2D eigenvalue weighted by atomic mass is 9.77. The standard InChI is InChI=1S/C15H27N3O2/c1-14(8-6-7-9-14)17-13(19)15(12(16)18-20)10-4-2-3-5-11-15/h20H,2-11H2,1H3,(H2,16,18)(H,17,19). The van der Waals surface area contributed by atoms with Crippen LogP contribution in [0, 0.1) is 5.41 Å². The van der Waals surface area contributed by atoms with E-state index >= 15 is 0 Å². The molecule has 0 aromatic carbocycles. The lowest BCUT2D eigenvalue weighted by molar-refractivity contribution is -0.130. The minimum atomic E-state index is -0.809. The molecule has 2 rings (SSSR count). The van der Waals surface area contributed by atoms with Gasteiger partial charge >= 0.3 is 0 Å². The molecule has 0 aliphatic heterocycles. The number of nitrogens with zero attached hydrogens (tertiary/aromatic N) is 1. The average Bonchev–Trinajstić information content (AvgIpc) is 2.71. The second-order valence-corrected chi connectivity index (χ2v) is 6.70. The summed E-state index contributed by atoms with van der Waals surface area (Å²) in [5, 5.41) is 15.5. The highest BCUT2D eigenvalue weighted by molar-refractivity contribution is 6.07. The third-order valence-corrected chi connectivity index (χ3v) is 5.11. The summed E-state index contributed by atoms with van der Waals surface area (Å²) in [6.07, 6.45) is 9.88. The van der Waals surface area contributed by atoms with Crippen molar-refractivity contribution >= 4 is 11.7 Å². The molecule has 1 amide bonds. The average molecular weight is 281 g/mol. The van der Waals surface area contributed by atoms with E-state index in [1.165, 1.54) is 0 Å². The van der Waals surface area contributed by atoms with Crippen molar-refractivity contribution in [1.82, 2.24) is 5.32 Å². The quantitative estimate of drug-likeness (QED) is 0.244. The summed E-state index contributed by atoms with van der Waals surface area (Å²) in [6, 6.07) is 0. The molecule has 2 aliphatic rings. The van der Waals surface area contributed by atoms with Crippen molar-refractivity contribution in [2.75, 3.05) is 0 Å². The fourth-order valence-corrected chi connectivity index (χ4v) is 3.70. The van der Waals surface area contributed by atoms with Crippen LogP contribution in [0.3, 0.4) is 0 Å². The van der Waals surface area contributed by atoms with E-state index in [0.29, 0.717) is 12.8 Å². The lowest BCUT2D eigenvalue weighted by Crippen LogP contribution is -2.55. The number of amidine groups is 1. The fourth-order valence-electron chi connectivity index (χ4n) is 3.70. The normalized spacial score (nSPS) is 25.9. The highest BCUT2D eigenvalue weighted by Gasteiger charge is 2.45. The number of nitrogens with one attached hydrogen (secondary N) is 1. The first-order valence-electron chi connectivity index (χ1n) is 7.83. The Hall–Kier alpha value is -1.26. The number of hydrogen-bond acceptors (Lipinski definition) is 3. The van der Waals surface area contributed by atoms with Gasteiger partial charge in [-0.05, 0) is 32.6 Å². The number of nitrogens with two attached hydrogens (primary N) is 1. The zero-order valence-corrected chi connectivity index (χ0v) is 12.5. The van der Waals surface area contributed by atoms with Crippen LogP contribution in [0.15, 0.2) is 5.16 Å². The molecule has 114 valence electrons. The molecule has 0 aromatic heterocycles. The molecule has 2 saturated carbocycles. The van der Waals surface area contributed by atoms with Gasteiger partial charge in [0.1, 0.15) is 5.41 Å². The van der Waals surface area contributed by atoms with Crippen LogP contribution in [-0.2, 0) is 4.79 Å². The van der Waals surface area contributed by atoms with Gasteiger partial charge in [-0.25, -0.2) is 0 Å². The molecular weight excluding hydrogens is 254 g/mol. The molecule has 4 N–H and O–H groups in total. The molecule has 5 heteroatoms. The van der Waals surface area contributed by atoms with Crippen LogP contribution < -0.4 is 11.1 Å². The Morgan fingerprint density at radius 1 is 1.05 bits per heavy atom. The Kier molecular flexibility index (Phi) is 4.55. The first-order valence-corrected chi connectivity index (χ1v) is 7.83. The van der Waals surface area contributed by atoms with Gasteiger partial charge in [0.25, 0.3) is 0 Å². The molecule has 2 fully saturated rings. The highest BCUT2D eigenvalue weighted by Crippen LogP contribution is 2.38. The minimum absolute atomic E-state index is 0.0425. The third-order valence-electron chi connectivity index (χ3n) is 5.11. The first-order chi connectivity index (χ1) is 9.52. The summed E-state index contributed by atoms with van der Waals surface area (Å²) in [4.78, 5) is 12.9. The predicted molar refractivity (Wildman–Crippen MR) is 78.6 cm³/mol. The number of carbonyl (C=O) groups is 1. The second-order valence-electron chi connectivity index (χ2n) is 6.70. The fraction of sp³-hybridized carbons (Fsp3) is 0.867. The van der Waals surface area contributed by atoms with E-state index < -0.39 is 5.41 Å². The predicted octanol–water partition coefficient (Wildman–Crippen LogP) is 2.52. The minimum Gasteiger partial charge on any atom is -0.409 e. The largest absolute Gasteiger partial charge is 0.409 e. The molecule has 0 atom stereocenters. The van der Waals surface area contributed by atoms with Crippen molar-refractivity contribution in [2.24, 2.45) is 16.3 Å². The molecule has 0 unspecified atom stereocenters. The van der Waals surface area contributed by atoms with Gasteiger partial charge in [0, 0.05) is 5.54 Å². The van der Waals surface area contributed by atoms with Crippen molar-refractivity contribution in [1.29, 1.82) is 0 Å². The summed E-state index contributed by atoms with van der Waals surface area (Å²) in [6.45, 7) is 2.11.